The average molecular weight is 438 g/mol. The Kier molecular flexibility index (Phi) is 4.67. The van der Waals surface area contributed by atoms with Crippen molar-refractivity contribution in [1.29, 1.82) is 0 Å². The zero-order chi connectivity index (χ0) is 22.0. The van der Waals surface area contributed by atoms with Gasteiger partial charge in [-0.15, -0.1) is 0 Å². The normalized spacial score (nSPS) is 29.6. The maximum atomic E-state index is 13.9. The largest absolute Gasteiger partial charge is 0.342 e. The number of H-pyrrole nitrogens is 1. The summed E-state index contributed by atoms with van der Waals surface area (Å²) >= 11 is 0. The molecule has 1 N–H and O–H groups in total. The van der Waals surface area contributed by atoms with Crippen molar-refractivity contribution < 1.29 is 13.2 Å². The van der Waals surface area contributed by atoms with E-state index in [1.807, 2.05) is 6.21 Å². The molecule has 1 aliphatic heterocycles. The van der Waals surface area contributed by atoms with E-state index < -0.39 is 11.6 Å². The van der Waals surface area contributed by atoms with E-state index in [0.29, 0.717) is 40.6 Å². The molecule has 0 spiro atoms. The van der Waals surface area contributed by atoms with E-state index in [4.69, 9.17) is 0 Å². The number of aromatic amines is 1. The highest BCUT2D eigenvalue weighted by Crippen LogP contribution is 2.59. The fourth-order valence-electron chi connectivity index (χ4n) is 6.78. The highest BCUT2D eigenvalue weighted by Gasteiger charge is 2.49. The van der Waals surface area contributed by atoms with Crippen LogP contribution in [0, 0.1) is 41.1 Å². The SMILES string of the molecule is C[C@H](CC1CC2CC1CC2C1CC=Nc2ccc(F)cc21)c1nc2cc(F)c(F)cc2[nH]1. The summed E-state index contributed by atoms with van der Waals surface area (Å²) in [6.07, 6.45) is 7.56. The summed E-state index contributed by atoms with van der Waals surface area (Å²) < 4.78 is 41.0. The Morgan fingerprint density at radius 1 is 1.03 bits per heavy atom. The lowest BCUT2D eigenvalue weighted by molar-refractivity contribution is 0.212. The average Bonchev–Trinajstić information content (AvgIpc) is 3.47. The molecule has 32 heavy (non-hydrogen) atoms. The van der Waals surface area contributed by atoms with E-state index in [9.17, 15) is 13.2 Å². The van der Waals surface area contributed by atoms with Crippen LogP contribution < -0.4 is 0 Å². The van der Waals surface area contributed by atoms with Crippen molar-refractivity contribution in [1.82, 2.24) is 9.97 Å². The monoisotopic (exact) mass is 437 g/mol. The van der Waals surface area contributed by atoms with Gasteiger partial charge in [0.05, 0.1) is 16.7 Å². The number of nitrogens with one attached hydrogen (secondary N) is 1. The number of halogens is 3. The van der Waals surface area contributed by atoms with Crippen molar-refractivity contribution >= 4 is 22.9 Å². The Hall–Kier alpha value is -2.63. The zero-order valence-electron chi connectivity index (χ0n) is 18.0. The molecule has 3 nitrogen and oxygen atoms in total. The highest BCUT2D eigenvalue weighted by molar-refractivity contribution is 5.75. The van der Waals surface area contributed by atoms with Gasteiger partial charge in [-0.3, -0.25) is 4.99 Å². The van der Waals surface area contributed by atoms with E-state index in [1.54, 1.807) is 12.1 Å². The van der Waals surface area contributed by atoms with Crippen LogP contribution in [0.15, 0.2) is 35.3 Å². The summed E-state index contributed by atoms with van der Waals surface area (Å²) in [5.41, 5.74) is 3.03. The summed E-state index contributed by atoms with van der Waals surface area (Å²) in [6, 6.07) is 7.33. The molecule has 2 bridgehead atoms. The Bertz CT molecular complexity index is 1180. The smallest absolute Gasteiger partial charge is 0.161 e. The van der Waals surface area contributed by atoms with Crippen LogP contribution in [-0.4, -0.2) is 16.2 Å². The van der Waals surface area contributed by atoms with Gasteiger partial charge in [0.1, 0.15) is 11.6 Å². The van der Waals surface area contributed by atoms with Gasteiger partial charge in [0.25, 0.3) is 0 Å². The summed E-state index contributed by atoms with van der Waals surface area (Å²) in [5.74, 6) is 2.06. The first-order valence-electron chi connectivity index (χ1n) is 11.6. The predicted octanol–water partition coefficient (Wildman–Crippen LogP) is 7.03. The van der Waals surface area contributed by atoms with E-state index in [1.165, 1.54) is 31.4 Å². The number of aliphatic imine (C=N–C) groups is 1. The Labute approximate surface area is 185 Å². The molecule has 2 saturated carbocycles. The number of benzene rings is 2. The topological polar surface area (TPSA) is 41.0 Å². The number of nitrogens with zero attached hydrogens (tertiary/aromatic N) is 2. The number of imidazole rings is 1. The minimum absolute atomic E-state index is 0.175. The molecular formula is C26H26F3N3. The quantitative estimate of drug-likeness (QED) is 0.468. The van der Waals surface area contributed by atoms with Gasteiger partial charge in [0, 0.05) is 24.3 Å². The van der Waals surface area contributed by atoms with Gasteiger partial charge in [-0.2, -0.15) is 0 Å². The van der Waals surface area contributed by atoms with Gasteiger partial charge < -0.3 is 4.98 Å². The van der Waals surface area contributed by atoms with Crippen LogP contribution in [0.4, 0.5) is 18.9 Å². The Morgan fingerprint density at radius 3 is 2.69 bits per heavy atom. The third-order valence-corrected chi connectivity index (χ3v) is 8.22. The van der Waals surface area contributed by atoms with E-state index in [-0.39, 0.29) is 11.7 Å². The number of fused-ring (bicyclic) bond motifs is 4. The standard InChI is InChI=1S/C26H26F3N3/c1-13(26-31-24-11-21(28)22(29)12-25(24)32-26)6-14-7-16-8-15(14)9-19(16)18-4-5-30-23-3-2-17(27)10-20(18)23/h2-3,5,10-16,18-19H,4,6-9H2,1H3,(H,31,32)/t13-,14?,15?,16?,18?,19?/m1/s1. The molecule has 5 unspecified atom stereocenters. The molecule has 6 atom stereocenters. The molecule has 1 aromatic heterocycles. The second-order valence-electron chi connectivity index (χ2n) is 10.1. The molecule has 166 valence electrons. The molecule has 3 aromatic rings. The lowest BCUT2D eigenvalue weighted by Crippen LogP contribution is -2.25. The van der Waals surface area contributed by atoms with Crippen LogP contribution in [-0.2, 0) is 0 Å². The van der Waals surface area contributed by atoms with Crippen molar-refractivity contribution in [3.05, 3.63) is 59.2 Å². The van der Waals surface area contributed by atoms with E-state index >= 15 is 0 Å². The zero-order valence-corrected chi connectivity index (χ0v) is 18.0. The summed E-state index contributed by atoms with van der Waals surface area (Å²) in [6.45, 7) is 2.14. The van der Waals surface area contributed by atoms with Gasteiger partial charge in [-0.05, 0) is 85.5 Å². The minimum Gasteiger partial charge on any atom is -0.342 e. The molecule has 6 rings (SSSR count). The van der Waals surface area contributed by atoms with Crippen LogP contribution in [0.2, 0.25) is 0 Å². The van der Waals surface area contributed by atoms with Crippen LogP contribution in [0.1, 0.15) is 62.3 Å². The lowest BCUT2D eigenvalue weighted by atomic mass is 9.70. The van der Waals surface area contributed by atoms with Crippen molar-refractivity contribution in [2.24, 2.45) is 28.7 Å². The van der Waals surface area contributed by atoms with Gasteiger partial charge in [-0.1, -0.05) is 6.92 Å². The fraction of sp³-hybridized carbons (Fsp3) is 0.462. The van der Waals surface area contributed by atoms with Crippen molar-refractivity contribution in [2.45, 2.75) is 50.9 Å². The van der Waals surface area contributed by atoms with Gasteiger partial charge >= 0.3 is 0 Å². The Morgan fingerprint density at radius 2 is 1.88 bits per heavy atom. The highest BCUT2D eigenvalue weighted by atomic mass is 19.2. The molecule has 6 heteroatoms. The molecule has 0 saturated heterocycles. The van der Waals surface area contributed by atoms with Gasteiger partial charge in [0.2, 0.25) is 0 Å². The number of hydrogen-bond acceptors (Lipinski definition) is 2. The first kappa shape index (κ1) is 20.0. The second-order valence-corrected chi connectivity index (χ2v) is 10.1. The third kappa shape index (κ3) is 3.26. The van der Waals surface area contributed by atoms with Crippen LogP contribution in [0.25, 0.3) is 11.0 Å². The second kappa shape index (κ2) is 7.46. The summed E-state index contributed by atoms with van der Waals surface area (Å²) in [5, 5.41) is 0. The molecule has 2 aromatic carbocycles. The lowest BCUT2D eigenvalue weighted by Gasteiger charge is -2.35. The summed E-state index contributed by atoms with van der Waals surface area (Å²) in [4.78, 5) is 12.2. The number of aromatic nitrogens is 2. The molecule has 0 radical (unpaired) electrons. The molecule has 0 amide bonds. The summed E-state index contributed by atoms with van der Waals surface area (Å²) in [7, 11) is 0. The molecule has 2 fully saturated rings. The van der Waals surface area contributed by atoms with Crippen molar-refractivity contribution in [3.63, 3.8) is 0 Å². The van der Waals surface area contributed by atoms with Crippen LogP contribution >= 0.6 is 0 Å². The maximum absolute atomic E-state index is 13.9. The Balaban J connectivity index is 1.16. The first-order chi connectivity index (χ1) is 15.5. The molecule has 2 aliphatic carbocycles. The van der Waals surface area contributed by atoms with Crippen LogP contribution in [0.3, 0.4) is 0 Å². The van der Waals surface area contributed by atoms with E-state index in [2.05, 4.69) is 21.9 Å². The van der Waals surface area contributed by atoms with E-state index in [0.717, 1.165) is 36.0 Å². The first-order valence-corrected chi connectivity index (χ1v) is 11.6. The predicted molar refractivity (Wildman–Crippen MR) is 119 cm³/mol. The molecule has 3 aliphatic rings. The number of hydrogen-bond donors (Lipinski definition) is 1. The van der Waals surface area contributed by atoms with Gasteiger partial charge in [0.15, 0.2) is 11.6 Å². The van der Waals surface area contributed by atoms with Crippen LogP contribution in [0.5, 0.6) is 0 Å². The minimum atomic E-state index is -0.864. The van der Waals surface area contributed by atoms with Crippen molar-refractivity contribution in [3.8, 4) is 0 Å². The van der Waals surface area contributed by atoms with Gasteiger partial charge in [-0.25, -0.2) is 18.2 Å². The third-order valence-electron chi connectivity index (χ3n) is 8.22. The van der Waals surface area contributed by atoms with Crippen molar-refractivity contribution in [2.75, 3.05) is 0 Å². The molecule has 2 heterocycles. The fourth-order valence-corrected chi connectivity index (χ4v) is 6.78. The maximum Gasteiger partial charge on any atom is 0.161 e. The number of rotatable bonds is 4. The molecular weight excluding hydrogens is 411 g/mol.